The van der Waals surface area contributed by atoms with Crippen molar-refractivity contribution in [2.45, 2.75) is 64.2 Å². The van der Waals surface area contributed by atoms with Crippen LogP contribution >= 0.6 is 0 Å². The third-order valence-electron chi connectivity index (χ3n) is 5.29. The van der Waals surface area contributed by atoms with Gasteiger partial charge in [-0.2, -0.15) is 0 Å². The molecule has 0 spiro atoms. The molecule has 21 heavy (non-hydrogen) atoms. The summed E-state index contributed by atoms with van der Waals surface area (Å²) in [6, 6.07) is 0.645. The average Bonchev–Trinajstić information content (AvgIpc) is 2.45. The van der Waals surface area contributed by atoms with Crippen molar-refractivity contribution in [1.82, 2.24) is 10.2 Å². The molecule has 2 aliphatic rings. The molecule has 2 N–H and O–H groups in total. The second-order valence-electron chi connectivity index (χ2n) is 7.62. The first-order valence-corrected chi connectivity index (χ1v) is 8.65. The molecule has 0 aromatic carbocycles. The van der Waals surface area contributed by atoms with Gasteiger partial charge in [0.1, 0.15) is 0 Å². The molecule has 0 amide bonds. The normalized spacial score (nSPS) is 37.6. The van der Waals surface area contributed by atoms with E-state index >= 15 is 0 Å². The molecular formula is C17H34N2O2. The van der Waals surface area contributed by atoms with Gasteiger partial charge in [-0.1, -0.05) is 13.3 Å². The zero-order chi connectivity index (χ0) is 15.5. The van der Waals surface area contributed by atoms with Crippen LogP contribution < -0.4 is 5.32 Å². The molecule has 2 rings (SSSR count). The van der Waals surface area contributed by atoms with Crippen LogP contribution in [0, 0.1) is 11.8 Å². The molecule has 0 bridgehead atoms. The molecule has 0 radical (unpaired) electrons. The van der Waals surface area contributed by atoms with E-state index < -0.39 is 0 Å². The van der Waals surface area contributed by atoms with Crippen LogP contribution in [0.1, 0.15) is 46.5 Å². The van der Waals surface area contributed by atoms with E-state index in [0.717, 1.165) is 31.5 Å². The number of hydrogen-bond donors (Lipinski definition) is 2. The predicted molar refractivity (Wildman–Crippen MR) is 86.4 cm³/mol. The van der Waals surface area contributed by atoms with Crippen LogP contribution in [0.5, 0.6) is 0 Å². The quantitative estimate of drug-likeness (QED) is 0.813. The van der Waals surface area contributed by atoms with E-state index in [1.54, 1.807) is 0 Å². The molecule has 0 aromatic rings. The van der Waals surface area contributed by atoms with Crippen LogP contribution in [-0.2, 0) is 4.74 Å². The fourth-order valence-corrected chi connectivity index (χ4v) is 4.30. The van der Waals surface area contributed by atoms with Gasteiger partial charge in [0.2, 0.25) is 0 Å². The minimum atomic E-state index is -0.153. The predicted octanol–water partition coefficient (Wildman–Crippen LogP) is 1.87. The lowest BCUT2D eigenvalue weighted by molar-refractivity contribution is -0.152. The van der Waals surface area contributed by atoms with Gasteiger partial charge in [-0.05, 0) is 52.0 Å². The van der Waals surface area contributed by atoms with E-state index in [9.17, 15) is 5.11 Å². The third-order valence-corrected chi connectivity index (χ3v) is 5.29. The van der Waals surface area contributed by atoms with Crippen LogP contribution in [0.25, 0.3) is 0 Å². The summed E-state index contributed by atoms with van der Waals surface area (Å²) in [5.41, 5.74) is -0.153. The number of ether oxygens (including phenoxy) is 1. The van der Waals surface area contributed by atoms with Gasteiger partial charge in [-0.25, -0.2) is 0 Å². The Morgan fingerprint density at radius 3 is 2.71 bits per heavy atom. The van der Waals surface area contributed by atoms with E-state index in [1.165, 1.54) is 25.7 Å². The van der Waals surface area contributed by atoms with Gasteiger partial charge >= 0.3 is 0 Å². The number of aliphatic hydroxyl groups is 1. The van der Waals surface area contributed by atoms with Crippen LogP contribution in [-0.4, -0.2) is 61.0 Å². The number of morpholine rings is 1. The van der Waals surface area contributed by atoms with Crippen LogP contribution in [0.3, 0.4) is 0 Å². The molecule has 4 nitrogen and oxygen atoms in total. The molecule has 1 aliphatic carbocycles. The van der Waals surface area contributed by atoms with Crippen LogP contribution in [0.4, 0.5) is 0 Å². The highest BCUT2D eigenvalue weighted by Gasteiger charge is 2.36. The summed E-state index contributed by atoms with van der Waals surface area (Å²) in [7, 11) is 2.10. The van der Waals surface area contributed by atoms with Crippen molar-refractivity contribution in [1.29, 1.82) is 0 Å². The summed E-state index contributed by atoms with van der Waals surface area (Å²) < 4.78 is 5.93. The van der Waals surface area contributed by atoms with Crippen molar-refractivity contribution in [3.8, 4) is 0 Å². The summed E-state index contributed by atoms with van der Waals surface area (Å²) in [6.45, 7) is 9.67. The van der Waals surface area contributed by atoms with Gasteiger partial charge in [-0.3, -0.25) is 4.90 Å². The molecule has 4 heteroatoms. The largest absolute Gasteiger partial charge is 0.394 e. The smallest absolute Gasteiger partial charge is 0.0940 e. The first kappa shape index (κ1) is 17.2. The van der Waals surface area contributed by atoms with Crippen molar-refractivity contribution in [3.05, 3.63) is 0 Å². The molecule has 0 aromatic heterocycles. The number of aliphatic hydroxyl groups excluding tert-OH is 1. The molecule has 1 saturated heterocycles. The van der Waals surface area contributed by atoms with Gasteiger partial charge in [0, 0.05) is 25.7 Å². The molecule has 1 heterocycles. The fraction of sp³-hybridized carbons (Fsp3) is 1.00. The van der Waals surface area contributed by atoms with Crippen molar-refractivity contribution in [2.75, 3.05) is 33.3 Å². The van der Waals surface area contributed by atoms with E-state index in [1.807, 2.05) is 0 Å². The maximum atomic E-state index is 9.46. The molecule has 4 atom stereocenters. The lowest BCUT2D eigenvalue weighted by atomic mass is 9.76. The fourth-order valence-electron chi connectivity index (χ4n) is 4.30. The second kappa shape index (κ2) is 7.40. The standard InChI is InChI=1S/C17H34N2O2/c1-5-13-6-7-16(18-4)14(8-13)9-19-10-15(11-20)21-17(2,3)12-19/h13-16,18,20H,5-12H2,1-4H3. The molecule has 2 fully saturated rings. The Hall–Kier alpha value is -0.160. The summed E-state index contributed by atoms with van der Waals surface area (Å²) in [5.74, 6) is 1.62. The molecule has 1 aliphatic heterocycles. The average molecular weight is 298 g/mol. The van der Waals surface area contributed by atoms with Crippen molar-refractivity contribution in [3.63, 3.8) is 0 Å². The number of hydrogen-bond acceptors (Lipinski definition) is 4. The minimum Gasteiger partial charge on any atom is -0.394 e. The summed E-state index contributed by atoms with van der Waals surface area (Å²) in [4.78, 5) is 2.51. The van der Waals surface area contributed by atoms with Crippen molar-refractivity contribution < 1.29 is 9.84 Å². The maximum absolute atomic E-state index is 9.46. The van der Waals surface area contributed by atoms with Gasteiger partial charge in [0.15, 0.2) is 0 Å². The lowest BCUT2D eigenvalue weighted by Gasteiger charge is -2.45. The Labute approximate surface area is 130 Å². The van der Waals surface area contributed by atoms with Gasteiger partial charge in [0.05, 0.1) is 18.3 Å². The zero-order valence-corrected chi connectivity index (χ0v) is 14.3. The molecular weight excluding hydrogens is 264 g/mol. The van der Waals surface area contributed by atoms with Crippen molar-refractivity contribution in [2.24, 2.45) is 11.8 Å². The molecule has 1 saturated carbocycles. The van der Waals surface area contributed by atoms with Crippen LogP contribution in [0.2, 0.25) is 0 Å². The first-order valence-electron chi connectivity index (χ1n) is 8.65. The molecule has 124 valence electrons. The maximum Gasteiger partial charge on any atom is 0.0940 e. The second-order valence-corrected chi connectivity index (χ2v) is 7.62. The van der Waals surface area contributed by atoms with E-state index in [4.69, 9.17) is 4.74 Å². The Morgan fingerprint density at radius 1 is 1.33 bits per heavy atom. The Balaban J connectivity index is 1.97. The van der Waals surface area contributed by atoms with Gasteiger partial charge < -0.3 is 15.2 Å². The highest BCUT2D eigenvalue weighted by Crippen LogP contribution is 2.33. The Kier molecular flexibility index (Phi) is 6.06. The molecule has 4 unspecified atom stereocenters. The Bertz CT molecular complexity index is 322. The number of rotatable bonds is 5. The SMILES string of the molecule is CCC1CCC(NC)C(CN2CC(CO)OC(C)(C)C2)C1. The minimum absolute atomic E-state index is 0.0349. The van der Waals surface area contributed by atoms with E-state index in [2.05, 4.69) is 38.0 Å². The van der Waals surface area contributed by atoms with E-state index in [0.29, 0.717) is 6.04 Å². The summed E-state index contributed by atoms with van der Waals surface area (Å²) in [5, 5.41) is 13.0. The van der Waals surface area contributed by atoms with Gasteiger partial charge in [0.25, 0.3) is 0 Å². The summed E-state index contributed by atoms with van der Waals surface area (Å²) in [6.07, 6.45) is 5.28. The van der Waals surface area contributed by atoms with E-state index in [-0.39, 0.29) is 18.3 Å². The van der Waals surface area contributed by atoms with Crippen LogP contribution in [0.15, 0.2) is 0 Å². The van der Waals surface area contributed by atoms with Gasteiger partial charge in [-0.15, -0.1) is 0 Å². The number of nitrogens with zero attached hydrogens (tertiary/aromatic N) is 1. The first-order chi connectivity index (χ1) is 9.97. The lowest BCUT2D eigenvalue weighted by Crippen LogP contribution is -2.56. The number of nitrogens with one attached hydrogen (secondary N) is 1. The monoisotopic (exact) mass is 298 g/mol. The van der Waals surface area contributed by atoms with Crippen molar-refractivity contribution >= 4 is 0 Å². The highest BCUT2D eigenvalue weighted by atomic mass is 16.5. The summed E-state index contributed by atoms with van der Waals surface area (Å²) >= 11 is 0. The topological polar surface area (TPSA) is 44.7 Å². The third kappa shape index (κ3) is 4.65. The highest BCUT2D eigenvalue weighted by molar-refractivity contribution is 4.90. The zero-order valence-electron chi connectivity index (χ0n) is 14.3. The Morgan fingerprint density at radius 2 is 2.10 bits per heavy atom.